The largest absolute Gasteiger partial charge is 0.464 e. The Kier molecular flexibility index (Phi) is 9.25. The van der Waals surface area contributed by atoms with Crippen LogP contribution in [0.5, 0.6) is 0 Å². The number of ether oxygens (including phenoxy) is 5. The molecule has 0 bridgehead atoms. The third kappa shape index (κ3) is 6.34. The maximum atomic E-state index is 12.4. The van der Waals surface area contributed by atoms with Crippen LogP contribution in [-0.4, -0.2) is 59.5 Å². The highest BCUT2D eigenvalue weighted by Gasteiger charge is 2.53. The van der Waals surface area contributed by atoms with Gasteiger partial charge in [0.2, 0.25) is 0 Å². The first kappa shape index (κ1) is 30.0. The van der Waals surface area contributed by atoms with Gasteiger partial charge in [0, 0.05) is 39.0 Å². The van der Waals surface area contributed by atoms with Crippen molar-refractivity contribution in [2.24, 2.45) is 0 Å². The van der Waals surface area contributed by atoms with Crippen molar-refractivity contribution >= 4 is 36.1 Å². The third-order valence-electron chi connectivity index (χ3n) is 6.81. The third-order valence-corrected chi connectivity index (χ3v) is 7.21. The number of hydrogen-bond donors (Lipinski definition) is 0. The topological polar surface area (TPSA) is 156 Å². The second-order valence-electron chi connectivity index (χ2n) is 9.74. The van der Waals surface area contributed by atoms with Crippen molar-refractivity contribution in [3.63, 3.8) is 0 Å². The summed E-state index contributed by atoms with van der Waals surface area (Å²) in [4.78, 5) is 48.4. The van der Waals surface area contributed by atoms with Gasteiger partial charge in [-0.3, -0.25) is 19.2 Å². The summed E-state index contributed by atoms with van der Waals surface area (Å²) in [5.41, 5.74) is 2.29. The van der Waals surface area contributed by atoms with Gasteiger partial charge in [0.25, 0.3) is 0 Å². The van der Waals surface area contributed by atoms with Crippen LogP contribution in [0.1, 0.15) is 63.6 Å². The first-order valence-corrected chi connectivity index (χ1v) is 13.5. The molecule has 0 amide bonds. The highest BCUT2D eigenvalue weighted by atomic mass is 32.1. The summed E-state index contributed by atoms with van der Waals surface area (Å²) in [5.74, 6) is -2.34. The van der Waals surface area contributed by atoms with Gasteiger partial charge in [-0.15, -0.1) is 0 Å². The van der Waals surface area contributed by atoms with E-state index in [9.17, 15) is 24.4 Å². The van der Waals surface area contributed by atoms with Gasteiger partial charge in [0.15, 0.2) is 24.5 Å². The van der Waals surface area contributed by atoms with E-state index in [-0.39, 0.29) is 16.8 Å². The molecule has 0 N–H and O–H groups in total. The number of furan rings is 1. The number of carbonyl (C=O) groups is 4. The Morgan fingerprint density at radius 3 is 2.20 bits per heavy atom. The van der Waals surface area contributed by atoms with Crippen LogP contribution in [0, 0.1) is 16.0 Å². The molecule has 3 heterocycles. The fourth-order valence-electron chi connectivity index (χ4n) is 5.40. The number of hydrogen-bond acceptors (Lipinski definition) is 12. The van der Waals surface area contributed by atoms with E-state index in [4.69, 9.17) is 40.3 Å². The summed E-state index contributed by atoms with van der Waals surface area (Å²) < 4.78 is 35.7. The molecular weight excluding hydrogens is 556 g/mol. The van der Waals surface area contributed by atoms with Gasteiger partial charge < -0.3 is 32.7 Å². The average Bonchev–Trinajstić information content (AvgIpc) is 3.43. The Morgan fingerprint density at radius 1 is 0.976 bits per heavy atom. The lowest BCUT2D eigenvalue weighted by Gasteiger charge is -2.46. The normalized spacial score (nSPS) is 23.4. The molecule has 1 fully saturated rings. The lowest BCUT2D eigenvalue weighted by atomic mass is 9.88. The number of nitriles is 1. The Bertz CT molecular complexity index is 1440. The molecule has 0 saturated carbocycles. The summed E-state index contributed by atoms with van der Waals surface area (Å²) in [6, 6.07) is 5.66. The van der Waals surface area contributed by atoms with Crippen molar-refractivity contribution in [1.29, 1.82) is 5.26 Å². The molecule has 1 saturated heterocycles. The lowest BCUT2D eigenvalue weighted by molar-refractivity contribution is -0.269. The van der Waals surface area contributed by atoms with Crippen LogP contribution in [0.2, 0.25) is 0 Å². The highest BCUT2D eigenvalue weighted by Crippen LogP contribution is 2.41. The predicted molar refractivity (Wildman–Crippen MR) is 142 cm³/mol. The molecule has 0 spiro atoms. The second-order valence-corrected chi connectivity index (χ2v) is 10.1. The van der Waals surface area contributed by atoms with Crippen LogP contribution in [0.15, 0.2) is 22.8 Å². The summed E-state index contributed by atoms with van der Waals surface area (Å²) in [6.07, 6.45) is -2.10. The Balaban J connectivity index is 1.98. The Labute approximate surface area is 241 Å². The number of fused-ring (bicyclic) bond motifs is 1. The van der Waals surface area contributed by atoms with Crippen molar-refractivity contribution in [3.8, 4) is 17.4 Å². The molecule has 2 aromatic rings. The molecule has 1 aliphatic carbocycles. The molecule has 0 unspecified atom stereocenters. The minimum absolute atomic E-state index is 0.0837. The maximum absolute atomic E-state index is 12.4. The molecule has 0 radical (unpaired) electrons. The molecular formula is C28H30N2O10S. The predicted octanol–water partition coefficient (Wildman–Crippen LogP) is 3.48. The van der Waals surface area contributed by atoms with Crippen molar-refractivity contribution in [2.45, 2.75) is 84.0 Å². The highest BCUT2D eigenvalue weighted by molar-refractivity contribution is 7.71. The van der Waals surface area contributed by atoms with Gasteiger partial charge >= 0.3 is 23.9 Å². The van der Waals surface area contributed by atoms with Gasteiger partial charge in [0.05, 0.1) is 11.8 Å². The molecule has 12 nitrogen and oxygen atoms in total. The molecule has 5 atom stereocenters. The Hall–Kier alpha value is -4.02. The quantitative estimate of drug-likeness (QED) is 0.265. The number of aromatic nitrogens is 1. The zero-order valence-corrected chi connectivity index (χ0v) is 23.9. The van der Waals surface area contributed by atoms with E-state index in [1.807, 2.05) is 0 Å². The molecule has 2 aliphatic rings. The first-order valence-electron chi connectivity index (χ1n) is 13.1. The van der Waals surface area contributed by atoms with E-state index in [1.165, 1.54) is 20.1 Å². The SMILES string of the molecule is CC(=O)OC[C@H]1O[C@@H](n2c3c(c(-c4ccco4)c(C#N)c2=S)CCCC3)[C@H](OC(C)=O)[C@@H](OC(C)=O)[C@H]1OC(C)=O. The fourth-order valence-corrected chi connectivity index (χ4v) is 5.77. The van der Waals surface area contributed by atoms with Crippen molar-refractivity contribution in [2.75, 3.05) is 6.61 Å². The molecule has 41 heavy (non-hydrogen) atoms. The fraction of sp³-hybridized carbons (Fsp3) is 0.500. The number of rotatable bonds is 7. The Morgan fingerprint density at radius 2 is 1.61 bits per heavy atom. The number of carbonyl (C=O) groups excluding carboxylic acids is 4. The summed E-state index contributed by atoms with van der Waals surface area (Å²) in [5, 5.41) is 10.3. The molecule has 13 heteroatoms. The maximum Gasteiger partial charge on any atom is 0.303 e. The molecule has 0 aromatic carbocycles. The van der Waals surface area contributed by atoms with Gasteiger partial charge in [-0.2, -0.15) is 5.26 Å². The number of pyridine rings is 1. The van der Waals surface area contributed by atoms with Gasteiger partial charge in [0.1, 0.15) is 29.2 Å². The second kappa shape index (κ2) is 12.7. The molecule has 218 valence electrons. The van der Waals surface area contributed by atoms with E-state index in [0.29, 0.717) is 24.2 Å². The summed E-state index contributed by atoms with van der Waals surface area (Å²) in [7, 11) is 0. The van der Waals surface area contributed by atoms with Gasteiger partial charge in [-0.25, -0.2) is 0 Å². The van der Waals surface area contributed by atoms with Crippen molar-refractivity contribution < 1.29 is 47.3 Å². The van der Waals surface area contributed by atoms with Crippen LogP contribution in [0.25, 0.3) is 11.3 Å². The van der Waals surface area contributed by atoms with Crippen molar-refractivity contribution in [3.05, 3.63) is 39.9 Å². The van der Waals surface area contributed by atoms with Crippen LogP contribution in [0.3, 0.4) is 0 Å². The van der Waals surface area contributed by atoms with Crippen LogP contribution < -0.4 is 0 Å². The standard InChI is InChI=1S/C28H30N2O10S/c1-14(31)36-13-22-24(37-15(2)32)25(38-16(3)33)26(39-17(4)34)27(40-22)30-20-9-6-5-8-18(20)23(19(12-29)28(30)41)21-10-7-11-35-21/h7,10-11,22,24-27H,5-6,8-9,13H2,1-4H3/t22-,24+,25+,26-,27-/m1/s1. The smallest absolute Gasteiger partial charge is 0.303 e. The van der Waals surface area contributed by atoms with Gasteiger partial charge in [-0.05, 0) is 43.4 Å². The van der Waals surface area contributed by atoms with Crippen molar-refractivity contribution in [1.82, 2.24) is 4.57 Å². The summed E-state index contributed by atoms with van der Waals surface area (Å²) in [6.45, 7) is 4.30. The lowest BCUT2D eigenvalue weighted by Crippen LogP contribution is -2.61. The molecule has 1 aliphatic heterocycles. The summed E-state index contributed by atoms with van der Waals surface area (Å²) >= 11 is 5.86. The van der Waals surface area contributed by atoms with Crippen LogP contribution in [-0.2, 0) is 55.7 Å². The number of esters is 4. The van der Waals surface area contributed by atoms with E-state index in [0.717, 1.165) is 37.9 Å². The van der Waals surface area contributed by atoms with Gasteiger partial charge in [-0.1, -0.05) is 12.2 Å². The van der Waals surface area contributed by atoms with E-state index in [1.54, 1.807) is 16.7 Å². The monoisotopic (exact) mass is 586 g/mol. The van der Waals surface area contributed by atoms with Crippen LogP contribution in [0.4, 0.5) is 0 Å². The first-order chi connectivity index (χ1) is 19.5. The zero-order chi connectivity index (χ0) is 29.8. The zero-order valence-electron chi connectivity index (χ0n) is 23.0. The molecule has 4 rings (SSSR count). The van der Waals surface area contributed by atoms with E-state index < -0.39 is 54.5 Å². The minimum Gasteiger partial charge on any atom is -0.464 e. The van der Waals surface area contributed by atoms with Crippen LogP contribution >= 0.6 is 12.2 Å². The van der Waals surface area contributed by atoms with E-state index >= 15 is 0 Å². The molecule has 2 aromatic heterocycles. The minimum atomic E-state index is -1.36. The van der Waals surface area contributed by atoms with E-state index in [2.05, 4.69) is 6.07 Å². The number of nitrogens with zero attached hydrogens (tertiary/aromatic N) is 2. The average molecular weight is 587 g/mol.